The van der Waals surface area contributed by atoms with Crippen LogP contribution < -0.4 is 5.73 Å². The molecule has 1 rings (SSSR count). The van der Waals surface area contributed by atoms with E-state index in [4.69, 9.17) is 5.73 Å². The van der Waals surface area contributed by atoms with Crippen molar-refractivity contribution in [3.05, 3.63) is 29.8 Å². The third-order valence-corrected chi connectivity index (χ3v) is 3.38. The lowest BCUT2D eigenvalue weighted by Gasteiger charge is -2.22. The second-order valence-electron chi connectivity index (χ2n) is 5.85. The molecule has 0 radical (unpaired) electrons. The van der Waals surface area contributed by atoms with Gasteiger partial charge < -0.3 is 15.7 Å². The first-order valence-corrected chi connectivity index (χ1v) is 7.14. The molecule has 1 aromatic carbocycles. The van der Waals surface area contributed by atoms with Gasteiger partial charge in [-0.15, -0.1) is 0 Å². The summed E-state index contributed by atoms with van der Waals surface area (Å²) in [6, 6.07) is 6.92. The molecule has 4 heteroatoms. The molecule has 0 aromatic heterocycles. The second-order valence-corrected chi connectivity index (χ2v) is 5.85. The van der Waals surface area contributed by atoms with Crippen molar-refractivity contribution in [3.8, 4) is 5.75 Å². The number of aromatic hydroxyl groups is 1. The third-order valence-electron chi connectivity index (χ3n) is 3.38. The van der Waals surface area contributed by atoms with Crippen molar-refractivity contribution >= 4 is 5.91 Å². The summed E-state index contributed by atoms with van der Waals surface area (Å²) >= 11 is 0. The summed E-state index contributed by atoms with van der Waals surface area (Å²) in [5.74, 6) is 1.17. The highest BCUT2D eigenvalue weighted by atomic mass is 16.3. The molecule has 0 aliphatic rings. The van der Waals surface area contributed by atoms with Crippen molar-refractivity contribution in [2.24, 2.45) is 17.6 Å². The van der Waals surface area contributed by atoms with Crippen molar-refractivity contribution in [1.82, 2.24) is 4.90 Å². The molecule has 0 spiro atoms. The van der Waals surface area contributed by atoms with Gasteiger partial charge in [0.25, 0.3) is 0 Å². The number of carbonyl (C=O) groups is 1. The highest BCUT2D eigenvalue weighted by Crippen LogP contribution is 2.16. The maximum absolute atomic E-state index is 12.2. The Kier molecular flexibility index (Phi) is 6.52. The Morgan fingerprint density at radius 1 is 1.30 bits per heavy atom. The van der Waals surface area contributed by atoms with E-state index >= 15 is 0 Å². The quantitative estimate of drug-likeness (QED) is 0.804. The molecular formula is C16H26N2O2. The number of amides is 1. The standard InChI is InChI=1S/C16H26N2O2/c1-12(2)8-14(10-17)9-16(20)18(3)11-13-4-6-15(19)7-5-13/h4-7,12,14,19H,8-11,17H2,1-3H3. The van der Waals surface area contributed by atoms with Gasteiger partial charge in [0.05, 0.1) is 0 Å². The highest BCUT2D eigenvalue weighted by Gasteiger charge is 2.17. The van der Waals surface area contributed by atoms with E-state index in [1.165, 1.54) is 0 Å². The summed E-state index contributed by atoms with van der Waals surface area (Å²) < 4.78 is 0. The SMILES string of the molecule is CC(C)CC(CN)CC(=O)N(C)Cc1ccc(O)cc1. The number of nitrogens with zero attached hydrogens (tertiary/aromatic N) is 1. The summed E-state index contributed by atoms with van der Waals surface area (Å²) in [4.78, 5) is 13.9. The van der Waals surface area contributed by atoms with E-state index in [-0.39, 0.29) is 17.6 Å². The van der Waals surface area contributed by atoms with E-state index in [2.05, 4.69) is 13.8 Å². The van der Waals surface area contributed by atoms with Crippen LogP contribution in [0, 0.1) is 11.8 Å². The average molecular weight is 278 g/mol. The van der Waals surface area contributed by atoms with E-state index in [0.717, 1.165) is 12.0 Å². The van der Waals surface area contributed by atoms with Gasteiger partial charge in [-0.05, 0) is 42.5 Å². The molecule has 1 aromatic rings. The first-order chi connectivity index (χ1) is 9.42. The minimum atomic E-state index is 0.120. The lowest BCUT2D eigenvalue weighted by molar-refractivity contribution is -0.131. The number of rotatable bonds is 7. The van der Waals surface area contributed by atoms with Crippen LogP contribution in [0.4, 0.5) is 0 Å². The first-order valence-electron chi connectivity index (χ1n) is 7.14. The fourth-order valence-corrected chi connectivity index (χ4v) is 2.30. The molecule has 0 saturated carbocycles. The zero-order valence-electron chi connectivity index (χ0n) is 12.7. The molecule has 112 valence electrons. The highest BCUT2D eigenvalue weighted by molar-refractivity contribution is 5.76. The topological polar surface area (TPSA) is 66.6 Å². The fourth-order valence-electron chi connectivity index (χ4n) is 2.30. The van der Waals surface area contributed by atoms with Crippen LogP contribution in [0.15, 0.2) is 24.3 Å². The number of hydrogen-bond acceptors (Lipinski definition) is 3. The Hall–Kier alpha value is -1.55. The van der Waals surface area contributed by atoms with E-state index in [1.54, 1.807) is 24.1 Å². The summed E-state index contributed by atoms with van der Waals surface area (Å²) in [5, 5.41) is 9.24. The van der Waals surface area contributed by atoms with Gasteiger partial charge in [0.2, 0.25) is 5.91 Å². The number of benzene rings is 1. The maximum Gasteiger partial charge on any atom is 0.222 e. The molecule has 0 saturated heterocycles. The lowest BCUT2D eigenvalue weighted by atomic mass is 9.94. The number of nitrogens with two attached hydrogens (primary N) is 1. The number of hydrogen-bond donors (Lipinski definition) is 2. The van der Waals surface area contributed by atoms with E-state index in [0.29, 0.717) is 25.4 Å². The Labute approximate surface area is 121 Å². The van der Waals surface area contributed by atoms with Gasteiger partial charge in [-0.3, -0.25) is 4.79 Å². The molecule has 1 amide bonds. The molecular weight excluding hydrogens is 252 g/mol. The van der Waals surface area contributed by atoms with E-state index in [9.17, 15) is 9.90 Å². The van der Waals surface area contributed by atoms with Crippen LogP contribution in [0.25, 0.3) is 0 Å². The smallest absolute Gasteiger partial charge is 0.222 e. The van der Waals surface area contributed by atoms with Crippen molar-refractivity contribution in [1.29, 1.82) is 0 Å². The Balaban J connectivity index is 2.51. The van der Waals surface area contributed by atoms with Gasteiger partial charge in [-0.25, -0.2) is 0 Å². The van der Waals surface area contributed by atoms with Gasteiger partial charge in [-0.1, -0.05) is 26.0 Å². The zero-order valence-corrected chi connectivity index (χ0v) is 12.7. The van der Waals surface area contributed by atoms with Gasteiger partial charge in [-0.2, -0.15) is 0 Å². The van der Waals surface area contributed by atoms with Crippen LogP contribution >= 0.6 is 0 Å². The number of phenols is 1. The van der Waals surface area contributed by atoms with E-state index < -0.39 is 0 Å². The first kappa shape index (κ1) is 16.5. The van der Waals surface area contributed by atoms with Crippen LogP contribution in [0.1, 0.15) is 32.3 Å². The fraction of sp³-hybridized carbons (Fsp3) is 0.562. The summed E-state index contributed by atoms with van der Waals surface area (Å²) in [5.41, 5.74) is 6.75. The zero-order chi connectivity index (χ0) is 15.1. The largest absolute Gasteiger partial charge is 0.508 e. The molecule has 0 fully saturated rings. The van der Waals surface area contributed by atoms with Crippen LogP contribution in [0.2, 0.25) is 0 Å². The van der Waals surface area contributed by atoms with Crippen LogP contribution in [-0.2, 0) is 11.3 Å². The Bertz CT molecular complexity index is 415. The van der Waals surface area contributed by atoms with Gasteiger partial charge in [0.15, 0.2) is 0 Å². The minimum absolute atomic E-state index is 0.120. The van der Waals surface area contributed by atoms with Crippen molar-refractivity contribution in [2.45, 2.75) is 33.2 Å². The lowest BCUT2D eigenvalue weighted by Crippen LogP contribution is -2.30. The average Bonchev–Trinajstić information content (AvgIpc) is 2.39. The molecule has 4 nitrogen and oxygen atoms in total. The Morgan fingerprint density at radius 2 is 1.90 bits per heavy atom. The van der Waals surface area contributed by atoms with Gasteiger partial charge in [0.1, 0.15) is 5.75 Å². The van der Waals surface area contributed by atoms with E-state index in [1.807, 2.05) is 12.1 Å². The van der Waals surface area contributed by atoms with Gasteiger partial charge >= 0.3 is 0 Å². The summed E-state index contributed by atoms with van der Waals surface area (Å²) in [6.07, 6.45) is 1.48. The molecule has 20 heavy (non-hydrogen) atoms. The predicted molar refractivity (Wildman–Crippen MR) is 81.2 cm³/mol. The predicted octanol–water partition coefficient (Wildman–Crippen LogP) is 2.36. The van der Waals surface area contributed by atoms with Gasteiger partial charge in [0, 0.05) is 20.0 Å². The maximum atomic E-state index is 12.2. The molecule has 0 aliphatic heterocycles. The van der Waals surface area contributed by atoms with Crippen molar-refractivity contribution in [3.63, 3.8) is 0 Å². The minimum Gasteiger partial charge on any atom is -0.508 e. The number of carbonyl (C=O) groups excluding carboxylic acids is 1. The third kappa shape index (κ3) is 5.61. The second kappa shape index (κ2) is 7.90. The molecule has 1 unspecified atom stereocenters. The molecule has 1 atom stereocenters. The summed E-state index contributed by atoms with van der Waals surface area (Å²) in [7, 11) is 1.80. The normalized spacial score (nSPS) is 12.4. The molecule has 0 aliphatic carbocycles. The van der Waals surface area contributed by atoms with Crippen LogP contribution in [-0.4, -0.2) is 29.5 Å². The number of phenolic OH excluding ortho intramolecular Hbond substituents is 1. The molecule has 0 bridgehead atoms. The summed E-state index contributed by atoms with van der Waals surface area (Å²) in [6.45, 7) is 5.40. The monoisotopic (exact) mass is 278 g/mol. The Morgan fingerprint density at radius 3 is 2.40 bits per heavy atom. The molecule has 0 heterocycles. The van der Waals surface area contributed by atoms with Crippen molar-refractivity contribution in [2.75, 3.05) is 13.6 Å². The molecule has 3 N–H and O–H groups in total. The van der Waals surface area contributed by atoms with Crippen molar-refractivity contribution < 1.29 is 9.90 Å². The van der Waals surface area contributed by atoms with Crippen LogP contribution in [0.5, 0.6) is 5.75 Å². The van der Waals surface area contributed by atoms with Crippen LogP contribution in [0.3, 0.4) is 0 Å².